The molecule has 2 N–H and O–H groups in total. The lowest BCUT2D eigenvalue weighted by molar-refractivity contribution is 0.0667. The van der Waals surface area contributed by atoms with E-state index in [0.717, 1.165) is 48.5 Å². The van der Waals surface area contributed by atoms with Crippen molar-refractivity contribution in [3.05, 3.63) is 30.4 Å². The SMILES string of the molecule is Cc1cc(-c2ccnn2C2CCOCC2)c2c(N)ncnn12. The van der Waals surface area contributed by atoms with Crippen LogP contribution in [0.25, 0.3) is 16.8 Å². The molecule has 4 heterocycles. The number of aryl methyl sites for hydroxylation is 1. The van der Waals surface area contributed by atoms with Crippen LogP contribution in [0.5, 0.6) is 0 Å². The van der Waals surface area contributed by atoms with Crippen LogP contribution in [0.1, 0.15) is 24.6 Å². The number of anilines is 1. The molecular weight excluding hydrogens is 280 g/mol. The number of nitrogen functional groups attached to an aromatic ring is 1. The standard InChI is InChI=1S/C15H18N6O/c1-10-8-12(14-15(16)17-9-19-20(10)14)13-2-5-18-21(13)11-3-6-22-7-4-11/h2,5,8-9,11H,3-4,6-7H2,1H3,(H2,16,17,19). The van der Waals surface area contributed by atoms with Gasteiger partial charge in [0.1, 0.15) is 11.8 Å². The largest absolute Gasteiger partial charge is 0.382 e. The second kappa shape index (κ2) is 5.10. The van der Waals surface area contributed by atoms with Crippen LogP contribution in [0.2, 0.25) is 0 Å². The van der Waals surface area contributed by atoms with Crippen molar-refractivity contribution < 1.29 is 4.74 Å². The lowest BCUT2D eigenvalue weighted by Gasteiger charge is -2.24. The summed E-state index contributed by atoms with van der Waals surface area (Å²) in [6, 6.07) is 4.48. The molecule has 0 amide bonds. The quantitative estimate of drug-likeness (QED) is 0.780. The number of nitrogens with two attached hydrogens (primary N) is 1. The van der Waals surface area contributed by atoms with Crippen LogP contribution in [0, 0.1) is 6.92 Å². The van der Waals surface area contributed by atoms with Crippen molar-refractivity contribution >= 4 is 11.3 Å². The third kappa shape index (κ3) is 1.97. The molecule has 1 aliphatic rings. The van der Waals surface area contributed by atoms with Crippen molar-refractivity contribution in [2.24, 2.45) is 0 Å². The molecule has 1 fully saturated rings. The molecule has 0 radical (unpaired) electrons. The van der Waals surface area contributed by atoms with Gasteiger partial charge in [0.2, 0.25) is 0 Å². The topological polar surface area (TPSA) is 83.3 Å². The van der Waals surface area contributed by atoms with Gasteiger partial charge in [-0.25, -0.2) is 9.50 Å². The first kappa shape index (κ1) is 13.3. The van der Waals surface area contributed by atoms with Gasteiger partial charge in [-0.1, -0.05) is 0 Å². The van der Waals surface area contributed by atoms with E-state index in [-0.39, 0.29) is 0 Å². The van der Waals surface area contributed by atoms with Crippen LogP contribution in [0.3, 0.4) is 0 Å². The zero-order chi connectivity index (χ0) is 15.1. The Bertz CT molecular complexity index is 815. The lowest BCUT2D eigenvalue weighted by Crippen LogP contribution is -2.21. The zero-order valence-electron chi connectivity index (χ0n) is 12.4. The van der Waals surface area contributed by atoms with Crippen LogP contribution in [0.4, 0.5) is 5.82 Å². The van der Waals surface area contributed by atoms with Crippen molar-refractivity contribution in [1.82, 2.24) is 24.4 Å². The Morgan fingerprint density at radius 3 is 2.91 bits per heavy atom. The number of hydrogen-bond donors (Lipinski definition) is 1. The van der Waals surface area contributed by atoms with Crippen molar-refractivity contribution in [3.8, 4) is 11.3 Å². The van der Waals surface area contributed by atoms with Crippen molar-refractivity contribution in [1.29, 1.82) is 0 Å². The molecule has 1 aliphatic heterocycles. The van der Waals surface area contributed by atoms with Gasteiger partial charge in [-0.2, -0.15) is 10.2 Å². The number of rotatable bonds is 2. The Labute approximate surface area is 127 Å². The summed E-state index contributed by atoms with van der Waals surface area (Å²) in [5, 5.41) is 8.82. The summed E-state index contributed by atoms with van der Waals surface area (Å²) in [7, 11) is 0. The summed E-state index contributed by atoms with van der Waals surface area (Å²) >= 11 is 0. The molecule has 0 spiro atoms. The number of aromatic nitrogens is 5. The van der Waals surface area contributed by atoms with E-state index >= 15 is 0 Å². The number of hydrogen-bond acceptors (Lipinski definition) is 5. The maximum absolute atomic E-state index is 6.08. The van der Waals surface area contributed by atoms with Gasteiger partial charge < -0.3 is 10.5 Å². The van der Waals surface area contributed by atoms with Gasteiger partial charge in [-0.3, -0.25) is 4.68 Å². The van der Waals surface area contributed by atoms with Gasteiger partial charge in [-0.05, 0) is 31.9 Å². The molecule has 3 aromatic rings. The molecule has 0 bridgehead atoms. The van der Waals surface area contributed by atoms with E-state index in [0.29, 0.717) is 11.9 Å². The summed E-state index contributed by atoms with van der Waals surface area (Å²) in [4.78, 5) is 4.13. The molecule has 0 aromatic carbocycles. The van der Waals surface area contributed by atoms with Crippen molar-refractivity contribution in [2.45, 2.75) is 25.8 Å². The Hall–Kier alpha value is -2.41. The molecule has 1 saturated heterocycles. The molecule has 7 nitrogen and oxygen atoms in total. The van der Waals surface area contributed by atoms with E-state index < -0.39 is 0 Å². The van der Waals surface area contributed by atoms with Crippen LogP contribution in [-0.2, 0) is 4.74 Å². The van der Waals surface area contributed by atoms with Crippen LogP contribution < -0.4 is 5.73 Å². The molecule has 3 aromatic heterocycles. The van der Waals surface area contributed by atoms with Crippen molar-refractivity contribution in [3.63, 3.8) is 0 Å². The van der Waals surface area contributed by atoms with E-state index in [9.17, 15) is 0 Å². The van der Waals surface area contributed by atoms with E-state index in [4.69, 9.17) is 10.5 Å². The summed E-state index contributed by atoms with van der Waals surface area (Å²) in [6.45, 7) is 3.58. The van der Waals surface area contributed by atoms with E-state index in [1.165, 1.54) is 6.33 Å². The Kier molecular flexibility index (Phi) is 3.07. The predicted octanol–water partition coefficient (Wildman–Crippen LogP) is 1.83. The van der Waals surface area contributed by atoms with Gasteiger partial charge in [-0.15, -0.1) is 0 Å². The molecule has 0 aliphatic carbocycles. The Morgan fingerprint density at radius 2 is 2.09 bits per heavy atom. The van der Waals surface area contributed by atoms with Crippen LogP contribution in [-0.4, -0.2) is 37.6 Å². The molecule has 0 atom stereocenters. The fraction of sp³-hybridized carbons (Fsp3) is 0.400. The fourth-order valence-corrected chi connectivity index (χ4v) is 3.17. The molecule has 4 rings (SSSR count). The number of ether oxygens (including phenoxy) is 1. The van der Waals surface area contributed by atoms with E-state index in [1.54, 1.807) is 0 Å². The maximum atomic E-state index is 6.08. The second-order valence-corrected chi connectivity index (χ2v) is 5.61. The average molecular weight is 298 g/mol. The molecule has 0 saturated carbocycles. The minimum atomic E-state index is 0.361. The summed E-state index contributed by atoms with van der Waals surface area (Å²) < 4.78 is 9.37. The molecule has 0 unspecified atom stereocenters. The van der Waals surface area contributed by atoms with E-state index in [1.807, 2.05) is 23.7 Å². The maximum Gasteiger partial charge on any atom is 0.152 e. The summed E-state index contributed by atoms with van der Waals surface area (Å²) in [6.07, 6.45) is 5.27. The average Bonchev–Trinajstić information content (AvgIpc) is 3.14. The first-order chi connectivity index (χ1) is 10.8. The summed E-state index contributed by atoms with van der Waals surface area (Å²) in [5.74, 6) is 0.484. The van der Waals surface area contributed by atoms with Gasteiger partial charge in [0.05, 0.1) is 11.7 Å². The Balaban J connectivity index is 1.88. The normalized spacial score (nSPS) is 16.4. The smallest absolute Gasteiger partial charge is 0.152 e. The monoisotopic (exact) mass is 298 g/mol. The molecule has 114 valence electrons. The highest BCUT2D eigenvalue weighted by Crippen LogP contribution is 2.33. The molecule has 7 heteroatoms. The predicted molar refractivity (Wildman–Crippen MR) is 82.4 cm³/mol. The fourth-order valence-electron chi connectivity index (χ4n) is 3.17. The van der Waals surface area contributed by atoms with Crippen molar-refractivity contribution in [2.75, 3.05) is 18.9 Å². The van der Waals surface area contributed by atoms with E-state index in [2.05, 4.69) is 25.9 Å². The highest BCUT2D eigenvalue weighted by atomic mass is 16.5. The highest BCUT2D eigenvalue weighted by Gasteiger charge is 2.22. The Morgan fingerprint density at radius 1 is 1.27 bits per heavy atom. The van der Waals surface area contributed by atoms with Gasteiger partial charge in [0.25, 0.3) is 0 Å². The molecule has 22 heavy (non-hydrogen) atoms. The molecular formula is C15H18N6O. The van der Waals surface area contributed by atoms with Crippen LogP contribution >= 0.6 is 0 Å². The minimum absolute atomic E-state index is 0.361. The summed E-state index contributed by atoms with van der Waals surface area (Å²) in [5.41, 5.74) is 10.0. The zero-order valence-corrected chi connectivity index (χ0v) is 12.4. The number of fused-ring (bicyclic) bond motifs is 1. The third-order valence-electron chi connectivity index (χ3n) is 4.24. The second-order valence-electron chi connectivity index (χ2n) is 5.61. The van der Waals surface area contributed by atoms with Crippen LogP contribution in [0.15, 0.2) is 24.7 Å². The highest BCUT2D eigenvalue weighted by molar-refractivity contribution is 5.87. The number of nitrogens with zero attached hydrogens (tertiary/aromatic N) is 5. The third-order valence-corrected chi connectivity index (χ3v) is 4.24. The van der Waals surface area contributed by atoms with Gasteiger partial charge in [0.15, 0.2) is 5.82 Å². The lowest BCUT2D eigenvalue weighted by atomic mass is 10.1. The van der Waals surface area contributed by atoms with Gasteiger partial charge in [0, 0.05) is 30.7 Å². The first-order valence-electron chi connectivity index (χ1n) is 7.46. The first-order valence-corrected chi connectivity index (χ1v) is 7.46. The van der Waals surface area contributed by atoms with Gasteiger partial charge >= 0.3 is 0 Å². The minimum Gasteiger partial charge on any atom is -0.382 e.